The lowest BCUT2D eigenvalue weighted by atomic mass is 10.1. The van der Waals surface area contributed by atoms with Gasteiger partial charge in [0.05, 0.1) is 32.6 Å². The number of phosphoric acid groups is 2. The first-order valence-electron chi connectivity index (χ1n) is 10.4. The van der Waals surface area contributed by atoms with Gasteiger partial charge in [0.15, 0.2) is 6.23 Å². The number of anilines is 1. The van der Waals surface area contributed by atoms with Crippen molar-refractivity contribution in [2.45, 2.75) is 43.3 Å². The van der Waals surface area contributed by atoms with Crippen LogP contribution in [0.15, 0.2) is 17.1 Å². The molecule has 0 saturated carbocycles. The minimum Gasteiger partial charge on any atom is -0.387 e. The maximum absolute atomic E-state index is 12.4. The lowest BCUT2D eigenvalue weighted by molar-refractivity contribution is -0.870. The molecule has 1 saturated heterocycles. The number of thiol groups is 1. The number of aliphatic hydroxyl groups is 2. The first kappa shape index (κ1) is 30.4. The van der Waals surface area contributed by atoms with Gasteiger partial charge in [0.2, 0.25) is 0 Å². The zero-order valence-electron chi connectivity index (χ0n) is 19.9. The van der Waals surface area contributed by atoms with E-state index >= 15 is 0 Å². The number of hydrogen-bond donors (Lipinski definition) is 6. The van der Waals surface area contributed by atoms with E-state index < -0.39 is 57.4 Å². The summed E-state index contributed by atoms with van der Waals surface area (Å²) in [6.07, 6.45) is -4.76. The maximum atomic E-state index is 12.4. The topological polar surface area (TPSA) is 199 Å². The van der Waals surface area contributed by atoms with Gasteiger partial charge in [-0.25, -0.2) is 13.9 Å². The van der Waals surface area contributed by atoms with Crippen LogP contribution in [0.5, 0.6) is 0 Å². The number of aromatic nitrogens is 2. The van der Waals surface area contributed by atoms with Crippen molar-refractivity contribution in [3.63, 3.8) is 0 Å². The monoisotopic (exact) mass is 563 g/mol. The van der Waals surface area contributed by atoms with Gasteiger partial charge in [-0.15, -0.1) is 0 Å². The zero-order valence-corrected chi connectivity index (χ0v) is 22.6. The summed E-state index contributed by atoms with van der Waals surface area (Å²) in [5.74, 6) is 0.217. The second-order valence-electron chi connectivity index (χ2n) is 9.39. The molecule has 35 heavy (non-hydrogen) atoms. The summed E-state index contributed by atoms with van der Waals surface area (Å²) in [5.41, 5.74) is -0.811. The van der Waals surface area contributed by atoms with E-state index in [1.165, 1.54) is 12.3 Å². The molecule has 202 valence electrons. The lowest BCUT2D eigenvalue weighted by Gasteiger charge is -2.24. The molecule has 1 fully saturated rings. The highest BCUT2D eigenvalue weighted by molar-refractivity contribution is 7.81. The third kappa shape index (κ3) is 9.84. The number of phosphoric ester groups is 2. The number of aliphatic hydroxyl groups excluding tert-OH is 2. The largest absolute Gasteiger partial charge is 0.481 e. The summed E-state index contributed by atoms with van der Waals surface area (Å²) in [4.78, 5) is 35.0. The highest BCUT2D eigenvalue weighted by Gasteiger charge is 2.46. The summed E-state index contributed by atoms with van der Waals surface area (Å²) in [6.45, 7) is 2.73. The number of hydrogen-bond acceptors (Lipinski definition) is 12. The van der Waals surface area contributed by atoms with Gasteiger partial charge in [-0.2, -0.15) is 21.9 Å². The molecule has 4 unspecified atom stereocenters. The molecular formula is C17H33N4O11P2S+. The molecule has 15 nitrogen and oxygen atoms in total. The predicted octanol–water partition coefficient (Wildman–Crippen LogP) is -0.103. The molecule has 0 aliphatic carbocycles. The SMILES string of the molecule is CC(C)(S)Nc1ccn([C@@H]2O[C@H](COP(=O)(O)OP(=O)(O)OCC[N+](C)(C)C)C(O)C2O)c(=O)n1. The predicted molar refractivity (Wildman–Crippen MR) is 127 cm³/mol. The first-order chi connectivity index (χ1) is 15.8. The third-order valence-corrected chi connectivity index (χ3v) is 7.25. The number of ether oxygens (including phenoxy) is 1. The van der Waals surface area contributed by atoms with E-state index in [1.807, 2.05) is 0 Å². The van der Waals surface area contributed by atoms with Crippen molar-refractivity contribution in [2.75, 3.05) is 46.2 Å². The molecule has 0 amide bonds. The normalized spacial score (nSPS) is 26.8. The van der Waals surface area contributed by atoms with Crippen molar-refractivity contribution >= 4 is 34.1 Å². The summed E-state index contributed by atoms with van der Waals surface area (Å²) in [7, 11) is -4.66. The van der Waals surface area contributed by atoms with Gasteiger partial charge in [0.25, 0.3) is 0 Å². The Labute approximate surface area is 207 Å². The molecule has 5 N–H and O–H groups in total. The summed E-state index contributed by atoms with van der Waals surface area (Å²) in [5, 5.41) is 23.5. The standard InChI is InChI=1S/C17H32N4O11P2S/c1-17(2,35)19-12-6-7-20(16(24)18-12)15-14(23)13(22)11(31-15)10-30-34(27,28)32-33(25,26)29-9-8-21(3,4)5/h6-7,11,13-15,22-23H,8-10H2,1-5H3,(H3-,18,19,24,25,26,27,28,35)/p+1/t11-,13?,14?,15-/m1/s1. The average Bonchev–Trinajstić information content (AvgIpc) is 2.91. The maximum Gasteiger partial charge on any atom is 0.481 e. The molecule has 18 heteroatoms. The van der Waals surface area contributed by atoms with E-state index in [-0.39, 0.29) is 12.4 Å². The smallest absolute Gasteiger partial charge is 0.387 e. The minimum atomic E-state index is -5.13. The zero-order chi connectivity index (χ0) is 26.8. The Balaban J connectivity index is 2.00. The van der Waals surface area contributed by atoms with Gasteiger partial charge in [0, 0.05) is 6.20 Å². The molecule has 0 aromatic carbocycles. The van der Waals surface area contributed by atoms with Crippen molar-refractivity contribution in [1.82, 2.24) is 9.55 Å². The van der Waals surface area contributed by atoms with Crippen molar-refractivity contribution in [3.8, 4) is 0 Å². The second-order valence-corrected chi connectivity index (χ2v) is 13.6. The Bertz CT molecular complexity index is 1030. The Morgan fingerprint density at radius 1 is 1.20 bits per heavy atom. The fourth-order valence-electron chi connectivity index (χ4n) is 2.86. The van der Waals surface area contributed by atoms with Gasteiger partial charge >= 0.3 is 21.3 Å². The van der Waals surface area contributed by atoms with Crippen molar-refractivity contribution in [3.05, 3.63) is 22.7 Å². The fourth-order valence-corrected chi connectivity index (χ4v) is 5.04. The van der Waals surface area contributed by atoms with E-state index in [9.17, 15) is 33.9 Å². The molecule has 6 atom stereocenters. The second kappa shape index (κ2) is 11.3. The molecule has 1 aromatic heterocycles. The molecule has 2 rings (SSSR count). The van der Waals surface area contributed by atoms with Crippen LogP contribution in [0.1, 0.15) is 20.1 Å². The number of rotatable bonds is 12. The molecule has 0 bridgehead atoms. The first-order valence-corrected chi connectivity index (χ1v) is 13.8. The number of quaternary nitrogens is 1. The molecule has 0 spiro atoms. The number of likely N-dealkylation sites (N-methyl/N-ethyl adjacent to an activating group) is 1. The van der Waals surface area contributed by atoms with Crippen LogP contribution in [0.3, 0.4) is 0 Å². The Hall–Kier alpha value is -0.870. The number of nitrogens with one attached hydrogen (secondary N) is 1. The Morgan fingerprint density at radius 3 is 2.34 bits per heavy atom. The molecule has 1 aliphatic heterocycles. The molecule has 0 radical (unpaired) electrons. The molecular weight excluding hydrogens is 530 g/mol. The van der Waals surface area contributed by atoms with Crippen molar-refractivity contribution in [2.24, 2.45) is 0 Å². The van der Waals surface area contributed by atoms with E-state index in [0.717, 1.165) is 4.57 Å². The van der Waals surface area contributed by atoms with Gasteiger partial charge in [-0.3, -0.25) is 13.6 Å². The van der Waals surface area contributed by atoms with E-state index in [0.29, 0.717) is 11.0 Å². The Morgan fingerprint density at radius 2 is 1.80 bits per heavy atom. The van der Waals surface area contributed by atoms with Crippen LogP contribution in [0, 0.1) is 0 Å². The van der Waals surface area contributed by atoms with Gasteiger partial charge in [-0.05, 0) is 19.9 Å². The van der Waals surface area contributed by atoms with Gasteiger partial charge < -0.3 is 34.5 Å². The quantitative estimate of drug-likeness (QED) is 0.0853. The minimum absolute atomic E-state index is 0.217. The summed E-state index contributed by atoms with van der Waals surface area (Å²) in [6, 6.07) is 1.43. The van der Waals surface area contributed by atoms with Gasteiger partial charge in [0.1, 0.15) is 37.3 Å². The van der Waals surface area contributed by atoms with Crippen LogP contribution in [-0.4, -0.2) is 98.1 Å². The Kier molecular flexibility index (Phi) is 9.76. The van der Waals surface area contributed by atoms with Crippen LogP contribution in [0.2, 0.25) is 0 Å². The molecule has 2 heterocycles. The van der Waals surface area contributed by atoms with Crippen LogP contribution >= 0.6 is 28.3 Å². The fraction of sp³-hybridized carbons (Fsp3) is 0.765. The number of nitrogens with zero attached hydrogens (tertiary/aromatic N) is 3. The highest BCUT2D eigenvalue weighted by atomic mass is 32.1. The molecule has 1 aliphatic rings. The summed E-state index contributed by atoms with van der Waals surface area (Å²) < 4.78 is 44.4. The third-order valence-electron chi connectivity index (χ3n) is 4.50. The van der Waals surface area contributed by atoms with E-state index in [2.05, 4.69) is 36.3 Å². The molecule has 1 aromatic rings. The highest BCUT2D eigenvalue weighted by Crippen LogP contribution is 2.60. The van der Waals surface area contributed by atoms with E-state index in [4.69, 9.17) is 4.74 Å². The lowest BCUT2D eigenvalue weighted by Crippen LogP contribution is -2.37. The van der Waals surface area contributed by atoms with Crippen LogP contribution in [0.4, 0.5) is 5.82 Å². The van der Waals surface area contributed by atoms with E-state index in [1.54, 1.807) is 35.0 Å². The van der Waals surface area contributed by atoms with Crippen LogP contribution in [-0.2, 0) is 27.2 Å². The van der Waals surface area contributed by atoms with Gasteiger partial charge in [-0.1, -0.05) is 0 Å². The summed E-state index contributed by atoms with van der Waals surface area (Å²) >= 11 is 4.28. The average molecular weight is 563 g/mol. The van der Waals surface area contributed by atoms with Crippen LogP contribution in [0.25, 0.3) is 0 Å². The van der Waals surface area contributed by atoms with Crippen LogP contribution < -0.4 is 11.0 Å². The van der Waals surface area contributed by atoms with Crippen molar-refractivity contribution < 1.29 is 51.7 Å². The van der Waals surface area contributed by atoms with Crippen molar-refractivity contribution in [1.29, 1.82) is 0 Å².